The minimum atomic E-state index is -0.452. The van der Waals surface area contributed by atoms with Gasteiger partial charge in [-0.3, -0.25) is 4.90 Å². The van der Waals surface area contributed by atoms with E-state index >= 15 is 0 Å². The van der Waals surface area contributed by atoms with E-state index in [1.807, 2.05) is 39.0 Å². The van der Waals surface area contributed by atoms with Crippen LogP contribution in [0.15, 0.2) is 48.5 Å². The molecule has 1 fully saturated rings. The SMILES string of the molecule is CC(C)(C)OC(=O)N1CCN(Cc2ccc(-c3cc4c(Cl)cccc4[nH]3)cc2)CC1. The highest BCUT2D eigenvalue weighted by molar-refractivity contribution is 6.35. The highest BCUT2D eigenvalue weighted by Gasteiger charge is 2.25. The van der Waals surface area contributed by atoms with E-state index in [1.165, 1.54) is 5.56 Å². The number of aromatic nitrogens is 1. The van der Waals surface area contributed by atoms with Gasteiger partial charge in [0.15, 0.2) is 0 Å². The zero-order valence-electron chi connectivity index (χ0n) is 17.7. The summed E-state index contributed by atoms with van der Waals surface area (Å²) in [6, 6.07) is 16.6. The van der Waals surface area contributed by atoms with Crippen molar-refractivity contribution in [1.29, 1.82) is 0 Å². The molecular weight excluding hydrogens is 398 g/mol. The topological polar surface area (TPSA) is 48.6 Å². The number of nitrogens with one attached hydrogen (secondary N) is 1. The Morgan fingerprint density at radius 1 is 1.07 bits per heavy atom. The van der Waals surface area contributed by atoms with Gasteiger partial charge in [-0.05, 0) is 50.1 Å². The molecule has 30 heavy (non-hydrogen) atoms. The van der Waals surface area contributed by atoms with Gasteiger partial charge >= 0.3 is 6.09 Å². The first-order chi connectivity index (χ1) is 14.3. The third-order valence-electron chi connectivity index (χ3n) is 5.31. The number of amides is 1. The summed E-state index contributed by atoms with van der Waals surface area (Å²) in [5, 5.41) is 1.80. The quantitative estimate of drug-likeness (QED) is 0.599. The number of benzene rings is 2. The van der Waals surface area contributed by atoms with Gasteiger partial charge in [0.05, 0.1) is 0 Å². The molecule has 1 amide bonds. The maximum atomic E-state index is 12.2. The average molecular weight is 426 g/mol. The van der Waals surface area contributed by atoms with Crippen molar-refractivity contribution in [3.8, 4) is 11.3 Å². The molecule has 3 aromatic rings. The number of rotatable bonds is 3. The number of carbonyl (C=O) groups is 1. The number of H-pyrrole nitrogens is 1. The maximum absolute atomic E-state index is 12.2. The number of fused-ring (bicyclic) bond motifs is 1. The molecule has 1 N–H and O–H groups in total. The highest BCUT2D eigenvalue weighted by atomic mass is 35.5. The fourth-order valence-corrected chi connectivity index (χ4v) is 3.97. The number of halogens is 1. The van der Waals surface area contributed by atoms with Crippen LogP contribution in [0, 0.1) is 0 Å². The Bertz CT molecular complexity index is 1030. The lowest BCUT2D eigenvalue weighted by atomic mass is 10.1. The van der Waals surface area contributed by atoms with Gasteiger partial charge in [-0.15, -0.1) is 0 Å². The summed E-state index contributed by atoms with van der Waals surface area (Å²) in [4.78, 5) is 19.8. The predicted molar refractivity (Wildman–Crippen MR) is 122 cm³/mol. The molecule has 0 unspecified atom stereocenters. The molecule has 2 aromatic carbocycles. The van der Waals surface area contributed by atoms with Crippen LogP contribution in [0.4, 0.5) is 4.79 Å². The van der Waals surface area contributed by atoms with Gasteiger partial charge in [0.1, 0.15) is 5.60 Å². The number of ether oxygens (including phenoxy) is 1. The second kappa shape index (κ2) is 8.32. The standard InChI is InChI=1S/C24H28ClN3O2/c1-24(2,3)30-23(29)28-13-11-27(12-14-28)16-17-7-9-18(10-8-17)22-15-19-20(25)5-4-6-21(19)26-22/h4-10,15,26H,11-14,16H2,1-3H3. The van der Waals surface area contributed by atoms with E-state index in [0.29, 0.717) is 13.1 Å². The van der Waals surface area contributed by atoms with Crippen molar-refractivity contribution >= 4 is 28.6 Å². The lowest BCUT2D eigenvalue weighted by molar-refractivity contribution is 0.0139. The molecule has 1 aromatic heterocycles. The van der Waals surface area contributed by atoms with Crippen LogP contribution in [0.25, 0.3) is 22.2 Å². The van der Waals surface area contributed by atoms with Crippen LogP contribution in [-0.4, -0.2) is 52.7 Å². The first-order valence-electron chi connectivity index (χ1n) is 10.4. The van der Waals surface area contributed by atoms with Crippen molar-refractivity contribution in [2.45, 2.75) is 32.9 Å². The Hall–Kier alpha value is -2.50. The van der Waals surface area contributed by atoms with Crippen molar-refractivity contribution in [3.05, 3.63) is 59.1 Å². The van der Waals surface area contributed by atoms with Gasteiger partial charge in [0, 0.05) is 54.3 Å². The molecule has 5 nitrogen and oxygen atoms in total. The summed E-state index contributed by atoms with van der Waals surface area (Å²) in [6.45, 7) is 9.66. The molecule has 4 rings (SSSR count). The second-order valence-corrected chi connectivity index (χ2v) is 9.23. The van der Waals surface area contributed by atoms with Gasteiger partial charge < -0.3 is 14.6 Å². The van der Waals surface area contributed by atoms with Crippen molar-refractivity contribution < 1.29 is 9.53 Å². The fraction of sp³-hybridized carbons (Fsp3) is 0.375. The largest absolute Gasteiger partial charge is 0.444 e. The van der Waals surface area contributed by atoms with Crippen LogP contribution in [0.3, 0.4) is 0 Å². The van der Waals surface area contributed by atoms with Crippen LogP contribution in [0.2, 0.25) is 5.02 Å². The molecule has 0 aliphatic carbocycles. The molecule has 0 saturated carbocycles. The van der Waals surface area contributed by atoms with Crippen molar-refractivity contribution in [3.63, 3.8) is 0 Å². The highest BCUT2D eigenvalue weighted by Crippen LogP contribution is 2.29. The van der Waals surface area contributed by atoms with Gasteiger partial charge in [-0.2, -0.15) is 0 Å². The van der Waals surface area contributed by atoms with Gasteiger partial charge in [-0.1, -0.05) is 41.9 Å². The third-order valence-corrected chi connectivity index (χ3v) is 5.64. The summed E-state index contributed by atoms with van der Waals surface area (Å²) in [7, 11) is 0. The molecule has 1 saturated heterocycles. The van der Waals surface area contributed by atoms with Gasteiger partial charge in [-0.25, -0.2) is 4.79 Å². The minimum Gasteiger partial charge on any atom is -0.444 e. The van der Waals surface area contributed by atoms with Crippen LogP contribution in [0.1, 0.15) is 26.3 Å². The average Bonchev–Trinajstić information content (AvgIpc) is 3.13. The summed E-state index contributed by atoms with van der Waals surface area (Å²) in [6.07, 6.45) is -0.218. The Kier molecular flexibility index (Phi) is 5.76. The Morgan fingerprint density at radius 3 is 2.40 bits per heavy atom. The number of aromatic amines is 1. The van der Waals surface area contributed by atoms with E-state index < -0.39 is 5.60 Å². The summed E-state index contributed by atoms with van der Waals surface area (Å²) in [5.74, 6) is 0. The summed E-state index contributed by atoms with van der Waals surface area (Å²) in [5.41, 5.74) is 4.06. The predicted octanol–water partition coefficient (Wildman–Crippen LogP) is 5.54. The Morgan fingerprint density at radius 2 is 1.77 bits per heavy atom. The first-order valence-corrected chi connectivity index (χ1v) is 10.7. The molecular formula is C24H28ClN3O2. The van der Waals surface area contributed by atoms with Crippen LogP contribution in [0.5, 0.6) is 0 Å². The number of nitrogens with zero attached hydrogens (tertiary/aromatic N) is 2. The second-order valence-electron chi connectivity index (χ2n) is 8.82. The Balaban J connectivity index is 1.35. The molecule has 2 heterocycles. The monoisotopic (exact) mass is 425 g/mol. The number of carbonyl (C=O) groups excluding carboxylic acids is 1. The van der Waals surface area contributed by atoms with Crippen LogP contribution >= 0.6 is 11.6 Å². The molecule has 0 radical (unpaired) electrons. The molecule has 6 heteroatoms. The molecule has 0 atom stereocenters. The molecule has 0 bridgehead atoms. The van der Waals surface area contributed by atoms with Gasteiger partial charge in [0.25, 0.3) is 0 Å². The van der Waals surface area contributed by atoms with Crippen LogP contribution in [-0.2, 0) is 11.3 Å². The van der Waals surface area contributed by atoms with Crippen molar-refractivity contribution in [2.75, 3.05) is 26.2 Å². The number of hydrogen-bond acceptors (Lipinski definition) is 3. The van der Waals surface area contributed by atoms with Crippen LogP contribution < -0.4 is 0 Å². The van der Waals surface area contributed by atoms with Crippen molar-refractivity contribution in [1.82, 2.24) is 14.8 Å². The lowest BCUT2D eigenvalue weighted by Gasteiger charge is -2.35. The lowest BCUT2D eigenvalue weighted by Crippen LogP contribution is -2.49. The van der Waals surface area contributed by atoms with E-state index in [-0.39, 0.29) is 6.09 Å². The molecule has 1 aliphatic heterocycles. The van der Waals surface area contributed by atoms with E-state index in [1.54, 1.807) is 4.90 Å². The van der Waals surface area contributed by atoms with E-state index in [0.717, 1.165) is 46.8 Å². The molecule has 1 aliphatic rings. The van der Waals surface area contributed by atoms with E-state index in [2.05, 4.69) is 40.2 Å². The first kappa shape index (κ1) is 20.8. The van der Waals surface area contributed by atoms with E-state index in [4.69, 9.17) is 16.3 Å². The number of piperazine rings is 1. The maximum Gasteiger partial charge on any atom is 0.410 e. The molecule has 0 spiro atoms. The van der Waals surface area contributed by atoms with E-state index in [9.17, 15) is 4.79 Å². The minimum absolute atomic E-state index is 0.218. The summed E-state index contributed by atoms with van der Waals surface area (Å²) >= 11 is 6.29. The summed E-state index contributed by atoms with van der Waals surface area (Å²) < 4.78 is 5.47. The Labute approximate surface area is 182 Å². The zero-order valence-corrected chi connectivity index (χ0v) is 18.5. The third kappa shape index (κ3) is 4.79. The normalized spacial score (nSPS) is 15.5. The smallest absolute Gasteiger partial charge is 0.410 e. The van der Waals surface area contributed by atoms with Crippen molar-refractivity contribution in [2.24, 2.45) is 0 Å². The fourth-order valence-electron chi connectivity index (χ4n) is 3.74. The zero-order chi connectivity index (χ0) is 21.3. The molecule has 158 valence electrons. The van der Waals surface area contributed by atoms with Gasteiger partial charge in [0.2, 0.25) is 0 Å². The number of hydrogen-bond donors (Lipinski definition) is 1.